The Labute approximate surface area is 83.8 Å². The Kier molecular flexibility index (Phi) is 3.45. The number of benzene rings is 1. The zero-order chi connectivity index (χ0) is 10.6. The molecule has 0 atom stereocenters. The maximum Gasteiger partial charge on any atom is 0.149 e. The van der Waals surface area contributed by atoms with Crippen LogP contribution in [0.5, 0.6) is 17.2 Å². The maximum absolute atomic E-state index is 5.20. The molecule has 4 nitrogen and oxygen atoms in total. The summed E-state index contributed by atoms with van der Waals surface area (Å²) in [5.41, 5.74) is 0.816. The van der Waals surface area contributed by atoms with Crippen molar-refractivity contribution in [3.05, 3.63) is 12.1 Å². The van der Waals surface area contributed by atoms with Crippen molar-refractivity contribution < 1.29 is 14.2 Å². The number of methoxy groups -OCH3 is 3. The Morgan fingerprint density at radius 1 is 0.929 bits per heavy atom. The van der Waals surface area contributed by atoms with Gasteiger partial charge in [0.15, 0.2) is 0 Å². The fourth-order valence-corrected chi connectivity index (χ4v) is 1.25. The molecule has 0 aliphatic heterocycles. The first kappa shape index (κ1) is 10.5. The van der Waals surface area contributed by atoms with Gasteiger partial charge in [-0.3, -0.25) is 0 Å². The molecule has 1 N–H and O–H groups in total. The van der Waals surface area contributed by atoms with Crippen LogP contribution in [0.2, 0.25) is 0 Å². The smallest absolute Gasteiger partial charge is 0.149 e. The van der Waals surface area contributed by atoms with Crippen molar-refractivity contribution in [2.75, 3.05) is 33.7 Å². The fourth-order valence-electron chi connectivity index (χ4n) is 1.25. The Morgan fingerprint density at radius 3 is 1.71 bits per heavy atom. The molecule has 1 aromatic carbocycles. The van der Waals surface area contributed by atoms with E-state index in [-0.39, 0.29) is 0 Å². The van der Waals surface area contributed by atoms with E-state index in [0.717, 1.165) is 5.69 Å². The number of nitrogens with one attached hydrogen (secondary N) is 1. The van der Waals surface area contributed by atoms with Crippen LogP contribution in [-0.2, 0) is 0 Å². The van der Waals surface area contributed by atoms with Crippen LogP contribution in [-0.4, -0.2) is 28.4 Å². The summed E-state index contributed by atoms with van der Waals surface area (Å²) in [4.78, 5) is 0. The number of anilines is 1. The number of hydrogen-bond donors (Lipinski definition) is 1. The molecule has 1 rings (SSSR count). The van der Waals surface area contributed by atoms with Gasteiger partial charge >= 0.3 is 0 Å². The molecule has 0 bridgehead atoms. The molecule has 14 heavy (non-hydrogen) atoms. The van der Waals surface area contributed by atoms with Gasteiger partial charge in [-0.25, -0.2) is 0 Å². The van der Waals surface area contributed by atoms with Crippen molar-refractivity contribution in [2.45, 2.75) is 0 Å². The Balaban J connectivity index is 3.24. The van der Waals surface area contributed by atoms with Gasteiger partial charge in [0.25, 0.3) is 0 Å². The molecule has 0 spiro atoms. The van der Waals surface area contributed by atoms with E-state index in [9.17, 15) is 0 Å². The van der Waals surface area contributed by atoms with E-state index < -0.39 is 0 Å². The molecule has 0 aromatic heterocycles. The summed E-state index contributed by atoms with van der Waals surface area (Å²) in [5, 5.41) is 3.01. The topological polar surface area (TPSA) is 39.7 Å². The lowest BCUT2D eigenvalue weighted by molar-refractivity contribution is 0.378. The molecule has 0 saturated carbocycles. The lowest BCUT2D eigenvalue weighted by Gasteiger charge is -2.14. The van der Waals surface area contributed by atoms with E-state index in [1.165, 1.54) is 0 Å². The van der Waals surface area contributed by atoms with Gasteiger partial charge in [-0.1, -0.05) is 0 Å². The Bertz CT molecular complexity index is 287. The minimum Gasteiger partial charge on any atom is -0.496 e. The lowest BCUT2D eigenvalue weighted by Crippen LogP contribution is -1.98. The third kappa shape index (κ3) is 1.84. The molecule has 0 radical (unpaired) electrons. The Morgan fingerprint density at radius 2 is 1.43 bits per heavy atom. The SMILES string of the molecule is CNc1c(OC)cc(OC)cc1OC. The quantitative estimate of drug-likeness (QED) is 0.798. The monoisotopic (exact) mass is 197 g/mol. The van der Waals surface area contributed by atoms with Gasteiger partial charge in [-0.15, -0.1) is 0 Å². The second kappa shape index (κ2) is 4.60. The molecular formula is C10H15NO3. The van der Waals surface area contributed by atoms with Gasteiger partial charge < -0.3 is 19.5 Å². The van der Waals surface area contributed by atoms with Crippen LogP contribution >= 0.6 is 0 Å². The normalized spacial score (nSPS) is 9.43. The van der Waals surface area contributed by atoms with Crippen molar-refractivity contribution in [3.63, 3.8) is 0 Å². The standard InChI is InChI=1S/C10H15NO3/c1-11-10-8(13-3)5-7(12-2)6-9(10)14-4/h5-6,11H,1-4H3. The molecule has 1 aromatic rings. The molecule has 78 valence electrons. The van der Waals surface area contributed by atoms with E-state index in [4.69, 9.17) is 14.2 Å². The maximum atomic E-state index is 5.20. The average Bonchev–Trinajstić information content (AvgIpc) is 2.26. The molecule has 0 fully saturated rings. The van der Waals surface area contributed by atoms with Crippen LogP contribution in [0.4, 0.5) is 5.69 Å². The highest BCUT2D eigenvalue weighted by atomic mass is 16.5. The predicted molar refractivity (Wildman–Crippen MR) is 55.6 cm³/mol. The largest absolute Gasteiger partial charge is 0.496 e. The van der Waals surface area contributed by atoms with Crippen LogP contribution in [0.1, 0.15) is 0 Å². The number of ether oxygens (including phenoxy) is 3. The molecule has 4 heteroatoms. The van der Waals surface area contributed by atoms with Gasteiger partial charge in [-0.2, -0.15) is 0 Å². The average molecular weight is 197 g/mol. The van der Waals surface area contributed by atoms with Gasteiger partial charge in [0, 0.05) is 19.2 Å². The molecule has 0 amide bonds. The van der Waals surface area contributed by atoms with Crippen molar-refractivity contribution in [1.29, 1.82) is 0 Å². The zero-order valence-electron chi connectivity index (χ0n) is 8.88. The highest BCUT2D eigenvalue weighted by molar-refractivity contribution is 5.68. The zero-order valence-corrected chi connectivity index (χ0v) is 8.88. The third-order valence-electron chi connectivity index (χ3n) is 1.97. The number of hydrogen-bond acceptors (Lipinski definition) is 4. The fraction of sp³-hybridized carbons (Fsp3) is 0.400. The molecular weight excluding hydrogens is 182 g/mol. The second-order valence-electron chi connectivity index (χ2n) is 2.66. The lowest BCUT2D eigenvalue weighted by atomic mass is 10.2. The minimum atomic E-state index is 0.698. The summed E-state index contributed by atoms with van der Waals surface area (Å²) in [6.45, 7) is 0. The van der Waals surface area contributed by atoms with Gasteiger partial charge in [0.1, 0.15) is 22.9 Å². The van der Waals surface area contributed by atoms with E-state index in [0.29, 0.717) is 17.2 Å². The van der Waals surface area contributed by atoms with Crippen molar-refractivity contribution in [1.82, 2.24) is 0 Å². The first-order chi connectivity index (χ1) is 6.76. The summed E-state index contributed by atoms with van der Waals surface area (Å²) >= 11 is 0. The predicted octanol–water partition coefficient (Wildman–Crippen LogP) is 1.75. The van der Waals surface area contributed by atoms with E-state index >= 15 is 0 Å². The van der Waals surface area contributed by atoms with Crippen LogP contribution in [0.15, 0.2) is 12.1 Å². The molecule has 0 saturated heterocycles. The second-order valence-corrected chi connectivity index (χ2v) is 2.66. The summed E-state index contributed by atoms with van der Waals surface area (Å²) < 4.78 is 15.5. The highest BCUT2D eigenvalue weighted by Gasteiger charge is 2.10. The van der Waals surface area contributed by atoms with Gasteiger partial charge in [0.05, 0.1) is 21.3 Å². The van der Waals surface area contributed by atoms with Crippen LogP contribution in [0.25, 0.3) is 0 Å². The first-order valence-corrected chi connectivity index (χ1v) is 4.24. The highest BCUT2D eigenvalue weighted by Crippen LogP contribution is 2.38. The van der Waals surface area contributed by atoms with Crippen molar-refractivity contribution >= 4 is 5.69 Å². The van der Waals surface area contributed by atoms with Crippen LogP contribution in [0.3, 0.4) is 0 Å². The van der Waals surface area contributed by atoms with Crippen molar-refractivity contribution in [3.8, 4) is 17.2 Å². The summed E-state index contributed by atoms with van der Waals surface area (Å²) in [6.07, 6.45) is 0. The first-order valence-electron chi connectivity index (χ1n) is 4.24. The van der Waals surface area contributed by atoms with E-state index in [1.54, 1.807) is 33.5 Å². The number of rotatable bonds is 4. The van der Waals surface area contributed by atoms with Gasteiger partial charge in [0.2, 0.25) is 0 Å². The summed E-state index contributed by atoms with van der Waals surface area (Å²) in [6, 6.07) is 3.60. The van der Waals surface area contributed by atoms with E-state index in [1.807, 2.05) is 7.05 Å². The van der Waals surface area contributed by atoms with E-state index in [2.05, 4.69) is 5.32 Å². The molecule has 0 heterocycles. The van der Waals surface area contributed by atoms with Crippen LogP contribution in [0, 0.1) is 0 Å². The molecule has 0 aliphatic rings. The summed E-state index contributed by atoms with van der Waals surface area (Å²) in [5.74, 6) is 2.10. The van der Waals surface area contributed by atoms with Crippen molar-refractivity contribution in [2.24, 2.45) is 0 Å². The summed E-state index contributed by atoms with van der Waals surface area (Å²) in [7, 11) is 6.63. The van der Waals surface area contributed by atoms with Gasteiger partial charge in [-0.05, 0) is 0 Å². The minimum absolute atomic E-state index is 0.698. The molecule has 0 aliphatic carbocycles. The van der Waals surface area contributed by atoms with Crippen LogP contribution < -0.4 is 19.5 Å². The molecule has 0 unspecified atom stereocenters. The third-order valence-corrected chi connectivity index (χ3v) is 1.97. The Hall–Kier alpha value is -1.58.